The monoisotopic (exact) mass is 582 g/mol. The Morgan fingerprint density at radius 2 is 2.00 bits per heavy atom. The van der Waals surface area contributed by atoms with Crippen molar-refractivity contribution in [2.45, 2.75) is 83.7 Å². The average molecular weight is 583 g/mol. The van der Waals surface area contributed by atoms with E-state index in [9.17, 15) is 18.0 Å². The van der Waals surface area contributed by atoms with E-state index in [0.29, 0.717) is 30.2 Å². The molecule has 1 aromatic heterocycles. The summed E-state index contributed by atoms with van der Waals surface area (Å²) in [7, 11) is 0. The standard InChI is InChI=1S/C28H37F3N4O4S/c1-18(33-37)14-34-11-5-7-20(34)17-39-23-10-9-19(28(29,30)31)13-22(23)25(36)32-26-35(15-21-8-6-12-38-21)16-24(40-26)27(2,3)4/h9-10,13,16,20-21,37H,5-8,11-12,14-15,17H2,1-4H3/b32-26-,33-18?/t20-,21+/m0/s1. The highest BCUT2D eigenvalue weighted by molar-refractivity contribution is 7.09. The van der Waals surface area contributed by atoms with Crippen molar-refractivity contribution in [3.8, 4) is 5.75 Å². The zero-order valence-electron chi connectivity index (χ0n) is 23.3. The molecule has 2 aliphatic rings. The highest BCUT2D eigenvalue weighted by atomic mass is 32.1. The molecule has 8 nitrogen and oxygen atoms in total. The Bertz CT molecular complexity index is 1290. The van der Waals surface area contributed by atoms with Crippen LogP contribution in [0, 0.1) is 0 Å². The van der Waals surface area contributed by atoms with Gasteiger partial charge in [-0.3, -0.25) is 9.69 Å². The maximum atomic E-state index is 13.6. The number of benzene rings is 1. The van der Waals surface area contributed by atoms with Crippen molar-refractivity contribution in [2.24, 2.45) is 10.1 Å². The van der Waals surface area contributed by atoms with Gasteiger partial charge in [-0.2, -0.15) is 18.2 Å². The summed E-state index contributed by atoms with van der Waals surface area (Å²) in [5.74, 6) is -0.740. The summed E-state index contributed by atoms with van der Waals surface area (Å²) in [4.78, 5) is 21.3. The molecule has 0 radical (unpaired) electrons. The molecule has 0 unspecified atom stereocenters. The Kier molecular flexibility index (Phi) is 9.41. The van der Waals surface area contributed by atoms with E-state index in [0.717, 1.165) is 49.2 Å². The second-order valence-electron chi connectivity index (χ2n) is 11.5. The van der Waals surface area contributed by atoms with E-state index >= 15 is 0 Å². The topological polar surface area (TPSA) is 88.7 Å². The van der Waals surface area contributed by atoms with Gasteiger partial charge in [0.15, 0.2) is 4.80 Å². The number of nitrogens with zero attached hydrogens (tertiary/aromatic N) is 4. The van der Waals surface area contributed by atoms with Crippen molar-refractivity contribution < 1.29 is 32.6 Å². The van der Waals surface area contributed by atoms with Crippen LogP contribution in [0.4, 0.5) is 13.2 Å². The molecule has 2 aliphatic heterocycles. The third kappa shape index (κ3) is 7.52. The molecule has 220 valence electrons. The van der Waals surface area contributed by atoms with Crippen LogP contribution in [-0.4, -0.2) is 64.7 Å². The smallest absolute Gasteiger partial charge is 0.416 e. The largest absolute Gasteiger partial charge is 0.491 e. The lowest BCUT2D eigenvalue weighted by molar-refractivity contribution is -0.137. The van der Waals surface area contributed by atoms with Crippen molar-refractivity contribution in [3.63, 3.8) is 0 Å². The van der Waals surface area contributed by atoms with Crippen LogP contribution in [0.25, 0.3) is 0 Å². The number of aromatic nitrogens is 1. The van der Waals surface area contributed by atoms with Crippen LogP contribution in [0.1, 0.15) is 74.2 Å². The summed E-state index contributed by atoms with van der Waals surface area (Å²) >= 11 is 1.35. The lowest BCUT2D eigenvalue weighted by atomic mass is 9.95. The van der Waals surface area contributed by atoms with E-state index < -0.39 is 17.6 Å². The maximum absolute atomic E-state index is 13.6. The molecule has 2 atom stereocenters. The third-order valence-electron chi connectivity index (χ3n) is 7.15. The van der Waals surface area contributed by atoms with Crippen LogP contribution in [-0.2, 0) is 22.9 Å². The van der Waals surface area contributed by atoms with Gasteiger partial charge in [0, 0.05) is 30.3 Å². The van der Waals surface area contributed by atoms with Crippen molar-refractivity contribution in [1.82, 2.24) is 9.47 Å². The van der Waals surface area contributed by atoms with Crippen LogP contribution in [0.3, 0.4) is 0 Å². The number of amides is 1. The Labute approximate surface area is 236 Å². The molecule has 0 saturated carbocycles. The maximum Gasteiger partial charge on any atom is 0.416 e. The Hall–Kier alpha value is -2.70. The van der Waals surface area contributed by atoms with Gasteiger partial charge in [-0.25, -0.2) is 0 Å². The molecule has 2 saturated heterocycles. The van der Waals surface area contributed by atoms with E-state index in [1.165, 1.54) is 17.4 Å². The van der Waals surface area contributed by atoms with Crippen molar-refractivity contribution in [2.75, 3.05) is 26.3 Å². The van der Waals surface area contributed by atoms with Crippen molar-refractivity contribution >= 4 is 23.0 Å². The number of alkyl halides is 3. The van der Waals surface area contributed by atoms with E-state index in [2.05, 4.69) is 35.8 Å². The third-order valence-corrected chi connectivity index (χ3v) is 8.60. The van der Waals surface area contributed by atoms with Gasteiger partial charge in [-0.05, 0) is 62.8 Å². The number of carbonyl (C=O) groups excluding carboxylic acids is 1. The predicted octanol–water partition coefficient (Wildman–Crippen LogP) is 5.48. The van der Waals surface area contributed by atoms with Gasteiger partial charge in [0.05, 0.1) is 29.5 Å². The number of ether oxygens (including phenoxy) is 2. The minimum absolute atomic E-state index is 0.00204. The van der Waals surface area contributed by atoms with E-state index in [-0.39, 0.29) is 35.5 Å². The fraction of sp³-hybridized carbons (Fsp3) is 0.607. The SMILES string of the molecule is CC(CN1CCC[C@H]1COc1ccc(C(F)(F)F)cc1C(=O)/N=c1\sc(C(C)(C)C)cn1C[C@H]1CCCO1)=NO. The van der Waals surface area contributed by atoms with Crippen LogP contribution in [0.2, 0.25) is 0 Å². The predicted molar refractivity (Wildman–Crippen MR) is 146 cm³/mol. The summed E-state index contributed by atoms with van der Waals surface area (Å²) in [6.07, 6.45) is 0.920. The molecule has 3 heterocycles. The molecule has 1 N–H and O–H groups in total. The first-order chi connectivity index (χ1) is 18.8. The van der Waals surface area contributed by atoms with Crippen molar-refractivity contribution in [3.05, 3.63) is 45.2 Å². The van der Waals surface area contributed by atoms with Gasteiger partial charge < -0.3 is 19.2 Å². The summed E-state index contributed by atoms with van der Waals surface area (Å²) in [6, 6.07) is 2.90. The number of thiazole rings is 1. The Morgan fingerprint density at radius 1 is 1.23 bits per heavy atom. The van der Waals surface area contributed by atoms with Crippen molar-refractivity contribution in [1.29, 1.82) is 0 Å². The van der Waals surface area contributed by atoms with Crippen LogP contribution in [0.15, 0.2) is 34.5 Å². The molecule has 12 heteroatoms. The van der Waals surface area contributed by atoms with Crippen LogP contribution < -0.4 is 9.54 Å². The van der Waals surface area contributed by atoms with E-state index in [1.807, 2.05) is 10.8 Å². The zero-order valence-corrected chi connectivity index (χ0v) is 24.1. The van der Waals surface area contributed by atoms with Gasteiger partial charge in [0.2, 0.25) is 0 Å². The lowest BCUT2D eigenvalue weighted by Crippen LogP contribution is -2.37. The van der Waals surface area contributed by atoms with Gasteiger partial charge in [0.25, 0.3) is 5.91 Å². The van der Waals surface area contributed by atoms with E-state index in [4.69, 9.17) is 14.7 Å². The normalized spacial score (nSPS) is 21.4. The highest BCUT2D eigenvalue weighted by Gasteiger charge is 2.33. The number of oxime groups is 1. The molecular formula is C28H37F3N4O4S. The second-order valence-corrected chi connectivity index (χ2v) is 12.5. The molecule has 1 amide bonds. The summed E-state index contributed by atoms with van der Waals surface area (Å²) in [5, 5.41) is 12.3. The zero-order chi connectivity index (χ0) is 29.1. The summed E-state index contributed by atoms with van der Waals surface area (Å²) in [6.45, 7) is 10.5. The summed E-state index contributed by atoms with van der Waals surface area (Å²) in [5.41, 5.74) is -0.819. The van der Waals surface area contributed by atoms with Gasteiger partial charge in [0.1, 0.15) is 12.4 Å². The summed E-state index contributed by atoms with van der Waals surface area (Å²) < 4.78 is 54.5. The minimum Gasteiger partial charge on any atom is -0.491 e. The van der Waals surface area contributed by atoms with E-state index in [1.54, 1.807) is 6.92 Å². The van der Waals surface area contributed by atoms with Gasteiger partial charge in [-0.1, -0.05) is 25.9 Å². The molecule has 0 bridgehead atoms. The fourth-order valence-corrected chi connectivity index (χ4v) is 5.96. The Morgan fingerprint density at radius 3 is 2.65 bits per heavy atom. The second kappa shape index (κ2) is 12.4. The molecule has 1 aromatic carbocycles. The Balaban J connectivity index is 1.66. The molecule has 2 fully saturated rings. The number of halogens is 3. The lowest BCUT2D eigenvalue weighted by Gasteiger charge is -2.24. The molecule has 0 spiro atoms. The van der Waals surface area contributed by atoms with Gasteiger partial charge >= 0.3 is 6.18 Å². The quantitative estimate of drug-likeness (QED) is 0.253. The first-order valence-electron chi connectivity index (χ1n) is 13.5. The average Bonchev–Trinajstić information content (AvgIpc) is 3.64. The number of rotatable bonds is 8. The van der Waals surface area contributed by atoms with Gasteiger partial charge in [-0.15, -0.1) is 11.3 Å². The molecule has 40 heavy (non-hydrogen) atoms. The number of carbonyl (C=O) groups is 1. The fourth-order valence-electron chi connectivity index (χ4n) is 4.90. The highest BCUT2D eigenvalue weighted by Crippen LogP contribution is 2.33. The van der Waals surface area contributed by atoms with Crippen LogP contribution >= 0.6 is 11.3 Å². The first kappa shape index (κ1) is 30.3. The molecular weight excluding hydrogens is 545 g/mol. The number of likely N-dealkylation sites (tertiary alicyclic amines) is 1. The minimum atomic E-state index is -4.63. The molecule has 2 aromatic rings. The number of hydrogen-bond donors (Lipinski definition) is 1. The molecule has 4 rings (SSSR count). The number of hydrogen-bond acceptors (Lipinski definition) is 7. The molecule has 0 aliphatic carbocycles. The van der Waals surface area contributed by atoms with Crippen LogP contribution in [0.5, 0.6) is 5.75 Å². The first-order valence-corrected chi connectivity index (χ1v) is 14.3.